The first kappa shape index (κ1) is 17.7. The van der Waals surface area contributed by atoms with E-state index in [1.165, 1.54) is 5.56 Å². The molecule has 1 aliphatic rings. The second-order valence-corrected chi connectivity index (χ2v) is 7.14. The average Bonchev–Trinajstić information content (AvgIpc) is 3.06. The predicted molar refractivity (Wildman–Crippen MR) is 107 cm³/mol. The highest BCUT2D eigenvalue weighted by atomic mass is 15.3. The molecule has 1 aromatic carbocycles. The Bertz CT molecular complexity index is 881. The summed E-state index contributed by atoms with van der Waals surface area (Å²) < 4.78 is 1.89. The van der Waals surface area contributed by atoms with Crippen LogP contribution in [-0.2, 0) is 6.42 Å². The first-order valence-electron chi connectivity index (χ1n) is 9.56. The fourth-order valence-electron chi connectivity index (χ4n) is 3.62. The summed E-state index contributed by atoms with van der Waals surface area (Å²) in [6.07, 6.45) is 2.75. The van der Waals surface area contributed by atoms with Crippen molar-refractivity contribution >= 4 is 5.82 Å². The summed E-state index contributed by atoms with van der Waals surface area (Å²) in [5, 5.41) is 4.53. The summed E-state index contributed by atoms with van der Waals surface area (Å²) >= 11 is 0. The lowest BCUT2D eigenvalue weighted by molar-refractivity contribution is 0.260. The maximum Gasteiger partial charge on any atom is 0.159 e. The maximum absolute atomic E-state index is 4.53. The van der Waals surface area contributed by atoms with Crippen LogP contribution >= 0.6 is 0 Å². The van der Waals surface area contributed by atoms with Crippen LogP contribution in [0.1, 0.15) is 17.0 Å². The molecule has 0 bridgehead atoms. The third kappa shape index (κ3) is 4.17. The molecule has 0 N–H and O–H groups in total. The fourth-order valence-corrected chi connectivity index (χ4v) is 3.62. The second-order valence-electron chi connectivity index (χ2n) is 7.14. The van der Waals surface area contributed by atoms with Crippen LogP contribution in [0.3, 0.4) is 0 Å². The highest BCUT2D eigenvalue weighted by Gasteiger charge is 2.18. The molecular formula is C21H26N6. The Morgan fingerprint density at radius 1 is 0.889 bits per heavy atom. The van der Waals surface area contributed by atoms with Gasteiger partial charge < -0.3 is 4.90 Å². The van der Waals surface area contributed by atoms with E-state index in [1.807, 2.05) is 24.6 Å². The van der Waals surface area contributed by atoms with Gasteiger partial charge in [0.1, 0.15) is 12.1 Å². The first-order valence-corrected chi connectivity index (χ1v) is 9.56. The van der Waals surface area contributed by atoms with Gasteiger partial charge in [-0.3, -0.25) is 4.90 Å². The molecule has 0 aliphatic carbocycles. The highest BCUT2D eigenvalue weighted by Crippen LogP contribution is 2.17. The quantitative estimate of drug-likeness (QED) is 0.698. The number of aryl methyl sites for hydroxylation is 2. The molecule has 0 atom stereocenters. The van der Waals surface area contributed by atoms with Crippen LogP contribution in [0.5, 0.6) is 0 Å². The summed E-state index contributed by atoms with van der Waals surface area (Å²) in [4.78, 5) is 13.8. The van der Waals surface area contributed by atoms with Crippen LogP contribution in [-0.4, -0.2) is 57.4 Å². The van der Waals surface area contributed by atoms with E-state index in [0.717, 1.165) is 62.2 Å². The van der Waals surface area contributed by atoms with Gasteiger partial charge in [-0.1, -0.05) is 30.3 Å². The van der Waals surface area contributed by atoms with Crippen molar-refractivity contribution in [3.8, 4) is 5.82 Å². The Morgan fingerprint density at radius 2 is 1.63 bits per heavy atom. The Balaban J connectivity index is 1.37. The maximum atomic E-state index is 4.53. The normalized spacial score (nSPS) is 15.3. The molecule has 0 saturated carbocycles. The van der Waals surface area contributed by atoms with Crippen LogP contribution in [0.4, 0.5) is 5.82 Å². The zero-order chi connectivity index (χ0) is 18.6. The van der Waals surface area contributed by atoms with Gasteiger partial charge in [-0.05, 0) is 31.9 Å². The molecule has 3 aromatic rings. The first-order chi connectivity index (χ1) is 13.2. The van der Waals surface area contributed by atoms with E-state index in [4.69, 9.17) is 0 Å². The van der Waals surface area contributed by atoms with Crippen molar-refractivity contribution < 1.29 is 0 Å². The monoisotopic (exact) mass is 362 g/mol. The van der Waals surface area contributed by atoms with E-state index in [0.29, 0.717) is 0 Å². The van der Waals surface area contributed by atoms with Crippen LogP contribution in [0.2, 0.25) is 0 Å². The number of hydrogen-bond donors (Lipinski definition) is 0. The molecule has 0 amide bonds. The number of benzene rings is 1. The van der Waals surface area contributed by atoms with Crippen LogP contribution in [0.25, 0.3) is 5.82 Å². The van der Waals surface area contributed by atoms with Crippen molar-refractivity contribution in [3.63, 3.8) is 0 Å². The molecular weight excluding hydrogens is 336 g/mol. The molecule has 0 spiro atoms. The summed E-state index contributed by atoms with van der Waals surface area (Å²) in [5.41, 5.74) is 3.49. The average molecular weight is 362 g/mol. The number of rotatable bonds is 5. The van der Waals surface area contributed by atoms with Gasteiger partial charge in [0.25, 0.3) is 0 Å². The van der Waals surface area contributed by atoms with Crippen molar-refractivity contribution in [1.29, 1.82) is 0 Å². The fraction of sp³-hybridized carbons (Fsp3) is 0.381. The molecule has 27 heavy (non-hydrogen) atoms. The molecule has 4 rings (SSSR count). The van der Waals surface area contributed by atoms with E-state index in [1.54, 1.807) is 6.33 Å². The molecule has 3 heterocycles. The zero-order valence-electron chi connectivity index (χ0n) is 16.0. The molecule has 2 aromatic heterocycles. The van der Waals surface area contributed by atoms with Crippen LogP contribution in [0.15, 0.2) is 48.8 Å². The topological polar surface area (TPSA) is 50.1 Å². The summed E-state index contributed by atoms with van der Waals surface area (Å²) in [6.45, 7) is 9.26. The van der Waals surface area contributed by atoms with Gasteiger partial charge in [0, 0.05) is 44.5 Å². The number of aromatic nitrogens is 4. The van der Waals surface area contributed by atoms with Crippen LogP contribution in [0, 0.1) is 13.8 Å². The van der Waals surface area contributed by atoms with Gasteiger partial charge in [-0.25, -0.2) is 14.6 Å². The Hall–Kier alpha value is -2.73. The standard InChI is InChI=1S/C21H26N6/c1-17-14-18(2)27(24-17)21-15-20(22-16-23-21)26-12-10-25(11-13-26)9-8-19-6-4-3-5-7-19/h3-7,14-16H,8-13H2,1-2H3. The Morgan fingerprint density at radius 3 is 2.33 bits per heavy atom. The highest BCUT2D eigenvalue weighted by molar-refractivity contribution is 5.44. The second kappa shape index (κ2) is 7.88. The van der Waals surface area contributed by atoms with Crippen molar-refractivity contribution in [2.45, 2.75) is 20.3 Å². The number of piperazine rings is 1. The van der Waals surface area contributed by atoms with Crippen molar-refractivity contribution in [2.24, 2.45) is 0 Å². The van der Waals surface area contributed by atoms with Crippen molar-refractivity contribution in [1.82, 2.24) is 24.6 Å². The van der Waals surface area contributed by atoms with E-state index in [9.17, 15) is 0 Å². The molecule has 1 saturated heterocycles. The van der Waals surface area contributed by atoms with E-state index in [2.05, 4.69) is 61.3 Å². The molecule has 6 heteroatoms. The molecule has 0 unspecified atom stereocenters. The number of hydrogen-bond acceptors (Lipinski definition) is 5. The van der Waals surface area contributed by atoms with E-state index in [-0.39, 0.29) is 0 Å². The Labute approximate surface area is 160 Å². The SMILES string of the molecule is Cc1cc(C)n(-c2cc(N3CCN(CCc4ccccc4)CC3)ncn2)n1. The third-order valence-electron chi connectivity index (χ3n) is 5.12. The lowest BCUT2D eigenvalue weighted by Crippen LogP contribution is -2.47. The van der Waals surface area contributed by atoms with Gasteiger partial charge in [-0.15, -0.1) is 0 Å². The largest absolute Gasteiger partial charge is 0.354 e. The predicted octanol–water partition coefficient (Wildman–Crippen LogP) is 2.64. The minimum atomic E-state index is 0.831. The molecule has 0 radical (unpaired) electrons. The Kier molecular flexibility index (Phi) is 5.16. The van der Waals surface area contributed by atoms with E-state index < -0.39 is 0 Å². The van der Waals surface area contributed by atoms with Gasteiger partial charge in [0.15, 0.2) is 5.82 Å². The zero-order valence-corrected chi connectivity index (χ0v) is 16.0. The lowest BCUT2D eigenvalue weighted by atomic mass is 10.1. The minimum absolute atomic E-state index is 0.831. The summed E-state index contributed by atoms with van der Waals surface area (Å²) in [7, 11) is 0. The van der Waals surface area contributed by atoms with Gasteiger partial charge in [0.2, 0.25) is 0 Å². The van der Waals surface area contributed by atoms with Gasteiger partial charge >= 0.3 is 0 Å². The minimum Gasteiger partial charge on any atom is -0.354 e. The summed E-state index contributed by atoms with van der Waals surface area (Å²) in [6, 6.07) is 14.8. The smallest absolute Gasteiger partial charge is 0.159 e. The molecule has 1 aliphatic heterocycles. The number of anilines is 1. The molecule has 140 valence electrons. The van der Waals surface area contributed by atoms with Crippen LogP contribution < -0.4 is 4.90 Å². The van der Waals surface area contributed by atoms with E-state index >= 15 is 0 Å². The molecule has 6 nitrogen and oxygen atoms in total. The lowest BCUT2D eigenvalue weighted by Gasteiger charge is -2.35. The van der Waals surface area contributed by atoms with Crippen molar-refractivity contribution in [3.05, 3.63) is 65.7 Å². The van der Waals surface area contributed by atoms with Gasteiger partial charge in [-0.2, -0.15) is 5.10 Å². The number of nitrogens with zero attached hydrogens (tertiary/aromatic N) is 6. The third-order valence-corrected chi connectivity index (χ3v) is 5.12. The van der Waals surface area contributed by atoms with Crippen molar-refractivity contribution in [2.75, 3.05) is 37.6 Å². The molecule has 1 fully saturated rings. The summed E-state index contributed by atoms with van der Waals surface area (Å²) in [5.74, 6) is 1.81. The van der Waals surface area contributed by atoms with Gasteiger partial charge in [0.05, 0.1) is 5.69 Å².